The quantitative estimate of drug-likeness (QED) is 0.554. The van der Waals surface area contributed by atoms with Crippen molar-refractivity contribution in [2.24, 2.45) is 5.92 Å². The minimum absolute atomic E-state index is 0.0993. The number of ether oxygens (including phenoxy) is 1. The van der Waals surface area contributed by atoms with E-state index in [2.05, 4.69) is 41.1 Å². The van der Waals surface area contributed by atoms with Gasteiger partial charge in [0.05, 0.1) is 5.69 Å². The van der Waals surface area contributed by atoms with E-state index >= 15 is 0 Å². The van der Waals surface area contributed by atoms with Gasteiger partial charge in [-0.1, -0.05) is 37.3 Å². The average molecular weight is 427 g/mol. The summed E-state index contributed by atoms with van der Waals surface area (Å²) in [6.45, 7) is 4.93. The lowest BCUT2D eigenvalue weighted by molar-refractivity contribution is -0.137. The Balaban J connectivity index is 1.53. The fourth-order valence-electron chi connectivity index (χ4n) is 7.67. The van der Waals surface area contributed by atoms with Crippen molar-refractivity contribution in [2.75, 3.05) is 6.54 Å². The third kappa shape index (κ3) is 1.94. The predicted octanol–water partition coefficient (Wildman–Crippen LogP) is 4.71. The molecule has 1 amide bonds. The number of para-hydroxylation sites is 1. The molecule has 0 unspecified atom stereocenters. The number of piperidine rings is 1. The van der Waals surface area contributed by atoms with Crippen molar-refractivity contribution >= 4 is 16.8 Å². The molecule has 3 aromatic rings. The van der Waals surface area contributed by atoms with E-state index in [0.717, 1.165) is 24.1 Å². The maximum Gasteiger partial charge on any atom is 0.246 e. The number of carbonyl (C=O) groups excluding carboxylic acids is 1. The zero-order chi connectivity index (χ0) is 21.8. The van der Waals surface area contributed by atoms with Gasteiger partial charge in [0.1, 0.15) is 6.10 Å². The van der Waals surface area contributed by atoms with Crippen LogP contribution in [0.25, 0.3) is 10.9 Å². The maximum absolute atomic E-state index is 13.1. The largest absolute Gasteiger partial charge is 0.504 e. The molecule has 1 aromatic heterocycles. The molecular formula is C27H26N2O3. The Bertz CT molecular complexity index is 1340. The van der Waals surface area contributed by atoms with Gasteiger partial charge in [-0.05, 0) is 55.0 Å². The van der Waals surface area contributed by atoms with Crippen LogP contribution >= 0.6 is 0 Å². The van der Waals surface area contributed by atoms with Gasteiger partial charge in [0.25, 0.3) is 0 Å². The van der Waals surface area contributed by atoms with Crippen molar-refractivity contribution in [3.8, 4) is 11.5 Å². The summed E-state index contributed by atoms with van der Waals surface area (Å²) in [7, 11) is 0. The Morgan fingerprint density at radius 1 is 1.28 bits per heavy atom. The zero-order valence-electron chi connectivity index (χ0n) is 18.3. The van der Waals surface area contributed by atoms with E-state index in [1.54, 1.807) is 12.1 Å². The number of amides is 1. The summed E-state index contributed by atoms with van der Waals surface area (Å²) in [6.07, 6.45) is 5.00. The van der Waals surface area contributed by atoms with Crippen molar-refractivity contribution in [2.45, 2.75) is 50.2 Å². The van der Waals surface area contributed by atoms with E-state index in [9.17, 15) is 9.90 Å². The average Bonchev–Trinajstić information content (AvgIpc) is 3.33. The molecule has 5 atom stereocenters. The molecule has 5 heteroatoms. The van der Waals surface area contributed by atoms with Crippen LogP contribution in [0.2, 0.25) is 0 Å². The number of nitrogens with one attached hydrogen (secondary N) is 1. The van der Waals surface area contributed by atoms with Crippen LogP contribution in [-0.2, 0) is 16.6 Å². The highest BCUT2D eigenvalue weighted by atomic mass is 16.5. The number of aromatic amines is 1. The lowest BCUT2D eigenvalue weighted by Crippen LogP contribution is -2.64. The van der Waals surface area contributed by atoms with Crippen molar-refractivity contribution in [3.05, 3.63) is 70.9 Å². The van der Waals surface area contributed by atoms with E-state index in [0.29, 0.717) is 12.3 Å². The molecule has 162 valence electrons. The van der Waals surface area contributed by atoms with Crippen LogP contribution in [-0.4, -0.2) is 33.5 Å². The first-order chi connectivity index (χ1) is 15.6. The van der Waals surface area contributed by atoms with Gasteiger partial charge in [-0.2, -0.15) is 0 Å². The Hall–Kier alpha value is -3.21. The summed E-state index contributed by atoms with van der Waals surface area (Å²) >= 11 is 0. The highest BCUT2D eigenvalue weighted by molar-refractivity contribution is 5.89. The maximum atomic E-state index is 13.1. The third-order valence-corrected chi connectivity index (χ3v) is 8.62. The molecule has 0 radical (unpaired) electrons. The molecule has 2 N–H and O–H groups in total. The lowest BCUT2D eigenvalue weighted by Gasteiger charge is -2.59. The molecule has 32 heavy (non-hydrogen) atoms. The predicted molar refractivity (Wildman–Crippen MR) is 122 cm³/mol. The number of nitrogens with zero attached hydrogens (tertiary/aromatic N) is 1. The summed E-state index contributed by atoms with van der Waals surface area (Å²) in [6, 6.07) is 12.4. The lowest BCUT2D eigenvalue weighted by atomic mass is 9.49. The van der Waals surface area contributed by atoms with E-state index < -0.39 is 0 Å². The zero-order valence-corrected chi connectivity index (χ0v) is 18.3. The minimum Gasteiger partial charge on any atom is -0.504 e. The summed E-state index contributed by atoms with van der Waals surface area (Å²) in [5.74, 6) is 1.47. The van der Waals surface area contributed by atoms with Gasteiger partial charge in [-0.15, -0.1) is 0 Å². The van der Waals surface area contributed by atoms with Crippen LogP contribution in [0.3, 0.4) is 0 Å². The van der Waals surface area contributed by atoms with Crippen LogP contribution in [0.1, 0.15) is 54.7 Å². The van der Waals surface area contributed by atoms with Gasteiger partial charge < -0.3 is 19.7 Å². The standard InChI is InChI=1S/C27H26N2O3/c1-3-6-20(31)29-12-11-27-22-14(2)21-16-7-4-5-8-17(16)28-24(21)26(27)32-25-19(30)10-9-15(23(25)27)13-18(22)29/h3-10,14,18,22,26,28,30H,11-13H2,1-2H3/b6-3+/t14-,18+,22-,26-,27-/m0/s1. The normalized spacial score (nSPS) is 31.5. The van der Waals surface area contributed by atoms with Gasteiger partial charge in [-0.25, -0.2) is 0 Å². The molecule has 1 spiro atoms. The molecule has 3 heterocycles. The smallest absolute Gasteiger partial charge is 0.246 e. The number of aromatic hydroxyl groups is 1. The highest BCUT2D eigenvalue weighted by Crippen LogP contribution is 2.70. The number of hydrogen-bond donors (Lipinski definition) is 2. The van der Waals surface area contributed by atoms with Gasteiger partial charge in [-0.3, -0.25) is 4.79 Å². The Morgan fingerprint density at radius 2 is 2.12 bits per heavy atom. The van der Waals surface area contributed by atoms with Crippen LogP contribution in [0, 0.1) is 5.92 Å². The van der Waals surface area contributed by atoms with Crippen LogP contribution in [0.15, 0.2) is 48.6 Å². The van der Waals surface area contributed by atoms with Gasteiger partial charge in [0, 0.05) is 40.4 Å². The van der Waals surface area contributed by atoms with E-state index in [-0.39, 0.29) is 41.1 Å². The molecule has 1 saturated heterocycles. The summed E-state index contributed by atoms with van der Waals surface area (Å²) in [4.78, 5) is 18.9. The second-order valence-electron chi connectivity index (χ2n) is 9.85. The number of rotatable bonds is 1. The van der Waals surface area contributed by atoms with Crippen LogP contribution in [0.4, 0.5) is 0 Å². The second-order valence-corrected chi connectivity index (χ2v) is 9.85. The second kappa shape index (κ2) is 5.97. The van der Waals surface area contributed by atoms with Gasteiger partial charge >= 0.3 is 0 Å². The number of hydrogen-bond acceptors (Lipinski definition) is 3. The van der Waals surface area contributed by atoms with Gasteiger partial charge in [0.15, 0.2) is 11.5 Å². The number of benzene rings is 2. The number of allylic oxidation sites excluding steroid dienone is 1. The minimum atomic E-state index is -0.230. The molecule has 5 nitrogen and oxygen atoms in total. The van der Waals surface area contributed by atoms with E-state index in [4.69, 9.17) is 4.74 Å². The molecule has 4 aliphatic rings. The summed E-state index contributed by atoms with van der Waals surface area (Å²) < 4.78 is 6.66. The van der Waals surface area contributed by atoms with Gasteiger partial charge in [0.2, 0.25) is 5.91 Å². The summed E-state index contributed by atoms with van der Waals surface area (Å²) in [5.41, 5.74) is 5.76. The Kier molecular flexibility index (Phi) is 3.43. The first-order valence-corrected chi connectivity index (χ1v) is 11.6. The first-order valence-electron chi connectivity index (χ1n) is 11.6. The van der Waals surface area contributed by atoms with Crippen LogP contribution < -0.4 is 4.74 Å². The van der Waals surface area contributed by atoms with E-state index in [1.165, 1.54) is 22.1 Å². The number of likely N-dealkylation sites (tertiary alicyclic amines) is 1. The first kappa shape index (κ1) is 18.4. The Morgan fingerprint density at radius 3 is 2.97 bits per heavy atom. The Labute approximate surface area is 186 Å². The highest BCUT2D eigenvalue weighted by Gasteiger charge is 2.67. The number of phenols is 1. The van der Waals surface area contributed by atoms with Crippen molar-refractivity contribution < 1.29 is 14.6 Å². The number of aromatic nitrogens is 1. The number of carbonyl (C=O) groups is 1. The molecule has 1 fully saturated rings. The van der Waals surface area contributed by atoms with Crippen molar-refractivity contribution in [3.63, 3.8) is 0 Å². The fraction of sp³-hybridized carbons (Fsp3) is 0.370. The number of fused-ring (bicyclic) bond motifs is 4. The number of H-pyrrole nitrogens is 1. The number of phenolic OH excluding ortho intramolecular Hbond substituents is 1. The SMILES string of the molecule is C/C=C/C(=O)N1CC[C@]23c4c5ccc(O)c4O[C@H]2c2[nH]c4ccccc4c2[C@H](C)[C@H]3[C@H]1C5. The third-order valence-electron chi connectivity index (χ3n) is 8.62. The van der Waals surface area contributed by atoms with Crippen molar-refractivity contribution in [1.29, 1.82) is 0 Å². The molecule has 2 aliphatic heterocycles. The molecule has 7 rings (SSSR count). The molecule has 2 bridgehead atoms. The fourth-order valence-corrected chi connectivity index (χ4v) is 7.67. The molecule has 2 aliphatic carbocycles. The molecule has 2 aromatic carbocycles. The van der Waals surface area contributed by atoms with Crippen LogP contribution in [0.5, 0.6) is 11.5 Å². The van der Waals surface area contributed by atoms with E-state index in [1.807, 2.05) is 19.1 Å². The van der Waals surface area contributed by atoms with Crippen molar-refractivity contribution in [1.82, 2.24) is 9.88 Å². The summed E-state index contributed by atoms with van der Waals surface area (Å²) in [5, 5.41) is 12.0. The monoisotopic (exact) mass is 426 g/mol. The topological polar surface area (TPSA) is 65.6 Å². The molecule has 0 saturated carbocycles. The molecular weight excluding hydrogens is 400 g/mol.